The molecule has 0 aliphatic rings. The Morgan fingerprint density at radius 3 is 2.43 bits per heavy atom. The summed E-state index contributed by atoms with van der Waals surface area (Å²) < 4.78 is 0. The average molecular weight is 510 g/mol. The molecule has 3 N–H and O–H groups in total. The maximum Gasteiger partial charge on any atom is 0.262 e. The lowest BCUT2D eigenvalue weighted by Crippen LogP contribution is -2.33. The van der Waals surface area contributed by atoms with Crippen LogP contribution in [0.5, 0.6) is 0 Å². The average Bonchev–Trinajstić information content (AvgIpc) is 3.19. The van der Waals surface area contributed by atoms with Crippen LogP contribution in [0.4, 0.5) is 5.69 Å². The zero-order chi connectivity index (χ0) is 25.4. The molecule has 3 rings (SSSR count). The first-order valence-corrected chi connectivity index (χ1v) is 12.9. The van der Waals surface area contributed by atoms with Crippen LogP contribution in [0.2, 0.25) is 5.02 Å². The van der Waals surface area contributed by atoms with Gasteiger partial charge >= 0.3 is 0 Å². The maximum absolute atomic E-state index is 13.0. The van der Waals surface area contributed by atoms with E-state index in [4.69, 9.17) is 11.6 Å². The fourth-order valence-electron chi connectivity index (χ4n) is 4.08. The van der Waals surface area contributed by atoms with Crippen LogP contribution in [0.1, 0.15) is 49.9 Å². The number of benzene rings is 2. The number of thiophene rings is 1. The zero-order valence-electron chi connectivity index (χ0n) is 20.5. The molecule has 3 aromatic rings. The Bertz CT molecular complexity index is 1200. The minimum Gasteiger partial charge on any atom is -0.384 e. The number of hydrogen-bond donors (Lipinski definition) is 3. The number of aryl methyl sites for hydroxylation is 1. The number of Topliss-reactive ketones (excluding diaryl/α,β-unsaturated/α-hetero) is 1. The van der Waals surface area contributed by atoms with Crippen molar-refractivity contribution in [1.29, 1.82) is 0 Å². The third-order valence-electron chi connectivity index (χ3n) is 5.79. The molecule has 2 aromatic carbocycles. The monoisotopic (exact) mass is 509 g/mol. The smallest absolute Gasteiger partial charge is 0.262 e. The predicted molar refractivity (Wildman–Crippen MR) is 149 cm³/mol. The van der Waals surface area contributed by atoms with Crippen molar-refractivity contribution in [3.63, 3.8) is 0 Å². The van der Waals surface area contributed by atoms with Crippen LogP contribution in [-0.4, -0.2) is 37.9 Å². The van der Waals surface area contributed by atoms with Gasteiger partial charge in [0.1, 0.15) is 4.88 Å². The first-order valence-electron chi connectivity index (χ1n) is 11.7. The number of ketones is 1. The Morgan fingerprint density at radius 1 is 1.06 bits per heavy atom. The largest absolute Gasteiger partial charge is 0.384 e. The van der Waals surface area contributed by atoms with Crippen LogP contribution in [0.25, 0.3) is 17.2 Å². The molecule has 0 bridgehead atoms. The highest BCUT2D eigenvalue weighted by atomic mass is 35.5. The molecule has 0 saturated heterocycles. The highest BCUT2D eigenvalue weighted by Crippen LogP contribution is 2.37. The normalized spacial score (nSPS) is 10.7. The van der Waals surface area contributed by atoms with E-state index in [-0.39, 0.29) is 11.7 Å². The molecule has 35 heavy (non-hydrogen) atoms. The first-order chi connectivity index (χ1) is 16.9. The molecule has 1 heterocycles. The van der Waals surface area contributed by atoms with Crippen LogP contribution >= 0.6 is 22.9 Å². The zero-order valence-corrected chi connectivity index (χ0v) is 22.0. The summed E-state index contributed by atoms with van der Waals surface area (Å²) >= 11 is 7.53. The number of nitrogens with one attached hydrogen (secondary N) is 3. The summed E-state index contributed by atoms with van der Waals surface area (Å²) in [5, 5.41) is 10.4. The SMILES string of the molecule is C=Cc1c(C)sc(C(=O)NCCNCCNc2cccc(C(C)=O)c2CC)c1-c1ccc(Cl)cc1. The number of carbonyl (C=O) groups is 2. The van der Waals surface area contributed by atoms with Crippen LogP contribution in [-0.2, 0) is 6.42 Å². The van der Waals surface area contributed by atoms with Gasteiger partial charge in [0.15, 0.2) is 5.78 Å². The number of anilines is 1. The number of carbonyl (C=O) groups excluding carboxylic acids is 2. The number of halogens is 1. The molecule has 1 amide bonds. The Morgan fingerprint density at radius 2 is 1.77 bits per heavy atom. The Balaban J connectivity index is 1.51. The predicted octanol–water partition coefficient (Wildman–Crippen LogP) is 6.22. The maximum atomic E-state index is 13.0. The molecular formula is C28H32ClN3O2S. The van der Waals surface area contributed by atoms with Gasteiger partial charge in [-0.3, -0.25) is 9.59 Å². The molecule has 7 heteroatoms. The Labute approximate surface area is 216 Å². The summed E-state index contributed by atoms with van der Waals surface area (Å²) in [5.74, 6) is -0.00978. The molecule has 0 spiro atoms. The van der Waals surface area contributed by atoms with E-state index in [0.29, 0.717) is 23.0 Å². The van der Waals surface area contributed by atoms with E-state index in [1.165, 1.54) is 11.3 Å². The summed E-state index contributed by atoms with van der Waals surface area (Å²) in [4.78, 5) is 26.6. The van der Waals surface area contributed by atoms with Crippen LogP contribution in [0.3, 0.4) is 0 Å². The van der Waals surface area contributed by atoms with Crippen molar-refractivity contribution in [3.8, 4) is 11.1 Å². The van der Waals surface area contributed by atoms with Gasteiger partial charge in [-0.05, 0) is 55.2 Å². The second-order valence-electron chi connectivity index (χ2n) is 8.16. The fourth-order valence-corrected chi connectivity index (χ4v) is 5.31. The van der Waals surface area contributed by atoms with Crippen molar-refractivity contribution in [1.82, 2.24) is 10.6 Å². The van der Waals surface area contributed by atoms with E-state index in [1.54, 1.807) is 13.0 Å². The van der Waals surface area contributed by atoms with Crippen molar-refractivity contribution in [3.05, 3.63) is 80.5 Å². The first kappa shape index (κ1) is 26.7. The molecular weight excluding hydrogens is 478 g/mol. The molecule has 0 aliphatic heterocycles. The summed E-state index contributed by atoms with van der Waals surface area (Å²) in [5.41, 5.74) is 5.64. The Kier molecular flexibility index (Phi) is 9.66. The van der Waals surface area contributed by atoms with E-state index in [9.17, 15) is 9.59 Å². The van der Waals surface area contributed by atoms with E-state index >= 15 is 0 Å². The van der Waals surface area contributed by atoms with E-state index in [2.05, 4.69) is 29.5 Å². The van der Waals surface area contributed by atoms with Crippen LogP contribution in [0.15, 0.2) is 49.0 Å². The van der Waals surface area contributed by atoms with Crippen LogP contribution in [0, 0.1) is 6.92 Å². The summed E-state index contributed by atoms with van der Waals surface area (Å²) in [7, 11) is 0. The molecule has 0 unspecified atom stereocenters. The quantitative estimate of drug-likeness (QED) is 0.200. The third-order valence-corrected chi connectivity index (χ3v) is 7.16. The van der Waals surface area contributed by atoms with Crippen molar-refractivity contribution in [2.24, 2.45) is 0 Å². The van der Waals surface area contributed by atoms with Gasteiger partial charge in [0, 0.05) is 52.9 Å². The second kappa shape index (κ2) is 12.7. The minimum absolute atomic E-state index is 0.0831. The molecule has 0 fully saturated rings. The van der Waals surface area contributed by atoms with Gasteiger partial charge in [0.05, 0.1) is 0 Å². The van der Waals surface area contributed by atoms with Gasteiger partial charge in [-0.2, -0.15) is 0 Å². The molecule has 1 aromatic heterocycles. The lowest BCUT2D eigenvalue weighted by molar-refractivity contribution is 0.0957. The molecule has 5 nitrogen and oxygen atoms in total. The topological polar surface area (TPSA) is 70.2 Å². The van der Waals surface area contributed by atoms with Crippen molar-refractivity contribution in [2.75, 3.05) is 31.5 Å². The van der Waals surface area contributed by atoms with Gasteiger partial charge in [0.25, 0.3) is 5.91 Å². The van der Waals surface area contributed by atoms with E-state index in [0.717, 1.165) is 57.9 Å². The molecule has 0 radical (unpaired) electrons. The molecule has 0 aliphatic carbocycles. The summed E-state index contributed by atoms with van der Waals surface area (Å²) in [6.07, 6.45) is 2.60. The number of hydrogen-bond acceptors (Lipinski definition) is 5. The summed E-state index contributed by atoms with van der Waals surface area (Å²) in [6, 6.07) is 13.3. The van der Waals surface area contributed by atoms with Gasteiger partial charge in [0.2, 0.25) is 0 Å². The Hall–Kier alpha value is -2.93. The van der Waals surface area contributed by atoms with Crippen molar-refractivity contribution >= 4 is 46.4 Å². The number of amides is 1. The number of rotatable bonds is 12. The van der Waals surface area contributed by atoms with Gasteiger partial charge < -0.3 is 16.0 Å². The lowest BCUT2D eigenvalue weighted by Gasteiger charge is -2.14. The second-order valence-corrected chi connectivity index (χ2v) is 9.82. The van der Waals surface area contributed by atoms with E-state index in [1.807, 2.05) is 49.4 Å². The summed E-state index contributed by atoms with van der Waals surface area (Å²) in [6.45, 7) is 12.2. The highest BCUT2D eigenvalue weighted by Gasteiger charge is 2.20. The van der Waals surface area contributed by atoms with Crippen molar-refractivity contribution < 1.29 is 9.59 Å². The van der Waals surface area contributed by atoms with Crippen LogP contribution < -0.4 is 16.0 Å². The van der Waals surface area contributed by atoms with Gasteiger partial charge in [-0.25, -0.2) is 0 Å². The fraction of sp³-hybridized carbons (Fsp3) is 0.286. The van der Waals surface area contributed by atoms with Crippen molar-refractivity contribution in [2.45, 2.75) is 27.2 Å². The van der Waals surface area contributed by atoms with Gasteiger partial charge in [-0.1, -0.05) is 55.4 Å². The standard InChI is InChI=1S/C28H32ClN3O2S/c1-5-22-19(4)35-27(26(22)20-10-12-21(29)13-11-20)28(34)32-17-15-30-14-16-31-25-9-7-8-24(18(3)33)23(25)6-2/h5,7-13,30-31H,1,6,14-17H2,2-4H3,(H,32,34). The van der Waals surface area contributed by atoms with E-state index < -0.39 is 0 Å². The van der Waals surface area contributed by atoms with Gasteiger partial charge in [-0.15, -0.1) is 11.3 Å². The third kappa shape index (κ3) is 6.60. The highest BCUT2D eigenvalue weighted by molar-refractivity contribution is 7.14. The molecule has 0 saturated carbocycles. The minimum atomic E-state index is -0.0929. The molecule has 0 atom stereocenters. The lowest BCUT2D eigenvalue weighted by atomic mass is 10.00. The molecule has 184 valence electrons.